The van der Waals surface area contributed by atoms with Gasteiger partial charge in [0.1, 0.15) is 0 Å². The molecule has 0 bridgehead atoms. The first-order valence-electron chi connectivity index (χ1n) is 4.07. The number of alkyl halides is 9. The Balaban J connectivity index is 3.68. The molecule has 0 saturated carbocycles. The minimum absolute atomic E-state index is 1.81. The number of hydrogen-bond donors (Lipinski definition) is 1. The molecule has 2 nitrogen and oxygen atoms in total. The van der Waals surface area contributed by atoms with Crippen molar-refractivity contribution in [2.45, 2.75) is 23.4 Å². The smallest absolute Gasteiger partial charge is 0.219 e. The van der Waals surface area contributed by atoms with Gasteiger partial charge in [0.2, 0.25) is 5.82 Å². The molecule has 0 aromatic carbocycles. The highest BCUT2D eigenvalue weighted by atomic mass is 32.1. The number of thiol groups is 1. The molecule has 0 aliphatic carbocycles. The lowest BCUT2D eigenvalue weighted by Crippen LogP contribution is -2.23. The van der Waals surface area contributed by atoms with Crippen LogP contribution in [-0.2, 0) is 18.5 Å². The fraction of sp³-hybridized carbons (Fsp3) is 0.429. The monoisotopic (exact) mass is 316 g/mol. The van der Waals surface area contributed by atoms with Gasteiger partial charge in [-0.2, -0.15) is 39.5 Å². The van der Waals surface area contributed by atoms with Crippen LogP contribution in [-0.4, -0.2) is 9.97 Å². The SMILES string of the molecule is FC(F)(F)c1nc(C(F)(F)F)c(S)c(C(F)(F)F)n1. The molecule has 19 heavy (non-hydrogen) atoms. The first kappa shape index (κ1) is 15.9. The van der Waals surface area contributed by atoms with Crippen LogP contribution in [0.1, 0.15) is 17.2 Å². The van der Waals surface area contributed by atoms with Gasteiger partial charge in [-0.15, -0.1) is 12.6 Å². The maximum absolute atomic E-state index is 12.3. The van der Waals surface area contributed by atoms with Gasteiger partial charge in [0, 0.05) is 0 Å². The quantitative estimate of drug-likeness (QED) is 0.581. The molecule has 0 saturated heterocycles. The van der Waals surface area contributed by atoms with Crippen molar-refractivity contribution in [1.82, 2.24) is 9.97 Å². The van der Waals surface area contributed by atoms with Crippen molar-refractivity contribution in [3.63, 3.8) is 0 Å². The number of halogens is 9. The zero-order valence-electron chi connectivity index (χ0n) is 8.24. The van der Waals surface area contributed by atoms with Crippen molar-refractivity contribution in [3.05, 3.63) is 17.2 Å². The van der Waals surface area contributed by atoms with Crippen LogP contribution in [0.4, 0.5) is 39.5 Å². The van der Waals surface area contributed by atoms with Gasteiger partial charge in [-0.05, 0) is 0 Å². The second-order valence-corrected chi connectivity index (χ2v) is 3.53. The minimum Gasteiger partial charge on any atom is -0.219 e. The van der Waals surface area contributed by atoms with E-state index in [1.165, 1.54) is 0 Å². The Bertz CT molecular complexity index is 452. The fourth-order valence-corrected chi connectivity index (χ4v) is 1.33. The van der Waals surface area contributed by atoms with Crippen molar-refractivity contribution in [2.75, 3.05) is 0 Å². The first-order chi connectivity index (χ1) is 8.24. The van der Waals surface area contributed by atoms with Gasteiger partial charge < -0.3 is 0 Å². The van der Waals surface area contributed by atoms with E-state index >= 15 is 0 Å². The third kappa shape index (κ3) is 3.42. The second kappa shape index (κ2) is 4.42. The maximum atomic E-state index is 12.3. The Morgan fingerprint density at radius 2 is 0.947 bits per heavy atom. The Kier molecular flexibility index (Phi) is 3.69. The van der Waals surface area contributed by atoms with E-state index in [1.807, 2.05) is 0 Å². The summed E-state index contributed by atoms with van der Waals surface area (Å²) in [5.41, 5.74) is -4.80. The molecule has 0 unspecified atom stereocenters. The standard InChI is InChI=1S/C7HF9N2S/c8-5(9,10)2-1(19)3(6(11,12)13)18-4(17-2)7(14,15)16/h19H. The normalized spacial score (nSPS) is 13.8. The predicted molar refractivity (Wildman–Crippen MR) is 44.3 cm³/mol. The van der Waals surface area contributed by atoms with Gasteiger partial charge in [-0.25, -0.2) is 9.97 Å². The zero-order valence-corrected chi connectivity index (χ0v) is 9.14. The van der Waals surface area contributed by atoms with Crippen molar-refractivity contribution < 1.29 is 39.5 Å². The molecule has 1 rings (SSSR count). The third-order valence-electron chi connectivity index (χ3n) is 1.67. The van der Waals surface area contributed by atoms with Crippen molar-refractivity contribution in [2.24, 2.45) is 0 Å². The summed E-state index contributed by atoms with van der Waals surface area (Å²) in [5, 5.41) is 0. The topological polar surface area (TPSA) is 25.8 Å². The van der Waals surface area contributed by atoms with E-state index in [0.717, 1.165) is 0 Å². The predicted octanol–water partition coefficient (Wildman–Crippen LogP) is 3.82. The number of nitrogens with zero attached hydrogens (tertiary/aromatic N) is 2. The van der Waals surface area contributed by atoms with E-state index in [-0.39, 0.29) is 0 Å². The van der Waals surface area contributed by atoms with Crippen LogP contribution in [0.3, 0.4) is 0 Å². The second-order valence-electron chi connectivity index (χ2n) is 3.09. The average Bonchev–Trinajstić information content (AvgIpc) is 2.11. The molecule has 0 radical (unpaired) electrons. The van der Waals surface area contributed by atoms with Crippen LogP contribution in [0.25, 0.3) is 0 Å². The molecule has 1 heterocycles. The van der Waals surface area contributed by atoms with Crippen LogP contribution in [0.15, 0.2) is 4.90 Å². The fourth-order valence-electron chi connectivity index (χ4n) is 0.977. The molecule has 0 aliphatic heterocycles. The van der Waals surface area contributed by atoms with Crippen molar-refractivity contribution in [3.8, 4) is 0 Å². The van der Waals surface area contributed by atoms with E-state index in [1.54, 1.807) is 0 Å². The molecular formula is C7HF9N2S. The zero-order chi connectivity index (χ0) is 15.2. The number of aromatic nitrogens is 2. The molecular weight excluding hydrogens is 315 g/mol. The van der Waals surface area contributed by atoms with Gasteiger partial charge >= 0.3 is 18.5 Å². The average molecular weight is 316 g/mol. The van der Waals surface area contributed by atoms with Gasteiger partial charge in [-0.1, -0.05) is 0 Å². The Morgan fingerprint density at radius 1 is 0.632 bits per heavy atom. The summed E-state index contributed by atoms with van der Waals surface area (Å²) >= 11 is 2.91. The van der Waals surface area contributed by atoms with Crippen molar-refractivity contribution in [1.29, 1.82) is 0 Å². The summed E-state index contributed by atoms with van der Waals surface area (Å²) in [5.74, 6) is -2.54. The molecule has 0 spiro atoms. The molecule has 0 N–H and O–H groups in total. The van der Waals surface area contributed by atoms with Gasteiger partial charge in [0.15, 0.2) is 11.4 Å². The van der Waals surface area contributed by atoms with Crippen LogP contribution >= 0.6 is 12.6 Å². The highest BCUT2D eigenvalue weighted by Gasteiger charge is 2.46. The van der Waals surface area contributed by atoms with Crippen LogP contribution < -0.4 is 0 Å². The first-order valence-corrected chi connectivity index (χ1v) is 4.52. The van der Waals surface area contributed by atoms with Gasteiger partial charge in [0.25, 0.3) is 0 Å². The Morgan fingerprint density at radius 3 is 1.16 bits per heavy atom. The molecule has 0 amide bonds. The van der Waals surface area contributed by atoms with E-state index in [2.05, 4.69) is 22.6 Å². The van der Waals surface area contributed by atoms with Gasteiger partial charge in [-0.3, -0.25) is 0 Å². The van der Waals surface area contributed by atoms with Gasteiger partial charge in [0.05, 0.1) is 4.90 Å². The van der Waals surface area contributed by atoms with Crippen LogP contribution in [0.2, 0.25) is 0 Å². The molecule has 12 heteroatoms. The lowest BCUT2D eigenvalue weighted by atomic mass is 10.3. The lowest BCUT2D eigenvalue weighted by Gasteiger charge is -2.16. The number of rotatable bonds is 0. The highest BCUT2D eigenvalue weighted by Crippen LogP contribution is 2.41. The third-order valence-corrected chi connectivity index (χ3v) is 2.10. The van der Waals surface area contributed by atoms with E-state index in [0.29, 0.717) is 0 Å². The molecule has 108 valence electrons. The summed E-state index contributed by atoms with van der Waals surface area (Å²) in [6.45, 7) is 0. The number of hydrogen-bond acceptors (Lipinski definition) is 3. The maximum Gasteiger partial charge on any atom is 0.451 e. The van der Waals surface area contributed by atoms with Crippen LogP contribution in [0.5, 0.6) is 0 Å². The minimum atomic E-state index is -5.55. The van der Waals surface area contributed by atoms with E-state index in [4.69, 9.17) is 0 Å². The molecule has 0 aliphatic rings. The lowest BCUT2D eigenvalue weighted by molar-refractivity contribution is -0.162. The summed E-state index contributed by atoms with van der Waals surface area (Å²) < 4.78 is 110. The highest BCUT2D eigenvalue weighted by molar-refractivity contribution is 7.80. The molecule has 1 aromatic heterocycles. The van der Waals surface area contributed by atoms with E-state index in [9.17, 15) is 39.5 Å². The summed E-state index contributed by atoms with van der Waals surface area (Å²) in [6, 6.07) is 0. The van der Waals surface area contributed by atoms with E-state index < -0.39 is 40.6 Å². The Hall–Kier alpha value is -1.20. The molecule has 0 atom stereocenters. The van der Waals surface area contributed by atoms with Crippen molar-refractivity contribution >= 4 is 12.6 Å². The molecule has 1 aromatic rings. The summed E-state index contributed by atoms with van der Waals surface area (Å²) in [4.78, 5) is 2.29. The van der Waals surface area contributed by atoms with Crippen LogP contribution in [0, 0.1) is 0 Å². The summed E-state index contributed by atoms with van der Waals surface area (Å²) in [6.07, 6.45) is -16.6. The largest absolute Gasteiger partial charge is 0.451 e. The summed E-state index contributed by atoms with van der Waals surface area (Å²) in [7, 11) is 0. The molecule has 0 fully saturated rings. The Labute approximate surface area is 104 Å².